The molecule has 0 saturated carbocycles. The topological polar surface area (TPSA) is 42.1 Å². The Morgan fingerprint density at radius 1 is 0.568 bits per heavy atom. The standard InChI is InChI=1S/C38H46N6/c1-25(2)21-43-35-13-9-7-11-31(35)33-19-29(39-27(5)37(33)43)23-41-15-17-42(18-16-41)24-30-20-34-32-12-8-10-14-36(32)44(22-26(3)4)38(34)28(6)40-30/h7-14,19-20,25-26H,15-18,21-24H2,1-6H3. The summed E-state index contributed by atoms with van der Waals surface area (Å²) in [6, 6.07) is 22.4. The minimum atomic E-state index is 0.579. The second-order valence-corrected chi connectivity index (χ2v) is 13.8. The Kier molecular flexibility index (Phi) is 7.67. The van der Waals surface area contributed by atoms with Gasteiger partial charge < -0.3 is 9.13 Å². The van der Waals surface area contributed by atoms with Crippen molar-refractivity contribution in [3.05, 3.63) is 83.4 Å². The van der Waals surface area contributed by atoms with Gasteiger partial charge in [-0.05, 0) is 49.9 Å². The highest BCUT2D eigenvalue weighted by Gasteiger charge is 2.22. The van der Waals surface area contributed by atoms with E-state index in [4.69, 9.17) is 9.97 Å². The minimum Gasteiger partial charge on any atom is -0.339 e. The molecule has 0 amide bonds. The van der Waals surface area contributed by atoms with Crippen molar-refractivity contribution in [2.24, 2.45) is 11.8 Å². The van der Waals surface area contributed by atoms with Crippen LogP contribution in [0.4, 0.5) is 0 Å². The first kappa shape index (κ1) is 29.0. The largest absolute Gasteiger partial charge is 0.339 e. The van der Waals surface area contributed by atoms with Crippen LogP contribution in [0.25, 0.3) is 43.6 Å². The van der Waals surface area contributed by atoms with Crippen LogP contribution in [0.5, 0.6) is 0 Å². The molecule has 1 fully saturated rings. The number of fused-ring (bicyclic) bond motifs is 6. The molecular formula is C38H46N6. The van der Waals surface area contributed by atoms with E-state index in [0.29, 0.717) is 11.8 Å². The Morgan fingerprint density at radius 2 is 0.955 bits per heavy atom. The fourth-order valence-electron chi connectivity index (χ4n) is 7.50. The van der Waals surface area contributed by atoms with Crippen molar-refractivity contribution in [3.63, 3.8) is 0 Å². The highest BCUT2D eigenvalue weighted by atomic mass is 15.3. The average Bonchev–Trinajstić information content (AvgIpc) is 3.47. The number of benzene rings is 2. The highest BCUT2D eigenvalue weighted by molar-refractivity contribution is 6.09. The molecule has 1 aliphatic rings. The van der Waals surface area contributed by atoms with Gasteiger partial charge in [-0.1, -0.05) is 64.1 Å². The highest BCUT2D eigenvalue weighted by Crippen LogP contribution is 2.33. The molecule has 2 aromatic carbocycles. The maximum absolute atomic E-state index is 5.14. The smallest absolute Gasteiger partial charge is 0.0707 e. The maximum Gasteiger partial charge on any atom is 0.0707 e. The Labute approximate surface area is 261 Å². The predicted molar refractivity (Wildman–Crippen MR) is 184 cm³/mol. The van der Waals surface area contributed by atoms with Gasteiger partial charge in [0.25, 0.3) is 0 Å². The van der Waals surface area contributed by atoms with Crippen LogP contribution >= 0.6 is 0 Å². The monoisotopic (exact) mass is 586 g/mol. The van der Waals surface area contributed by atoms with Gasteiger partial charge in [0.15, 0.2) is 0 Å². The van der Waals surface area contributed by atoms with Gasteiger partial charge in [0, 0.05) is 84.9 Å². The Hall–Kier alpha value is -3.74. The van der Waals surface area contributed by atoms with Crippen LogP contribution in [-0.4, -0.2) is 55.1 Å². The molecule has 6 nitrogen and oxygen atoms in total. The molecule has 0 unspecified atom stereocenters. The maximum atomic E-state index is 5.14. The molecule has 228 valence electrons. The van der Waals surface area contributed by atoms with Crippen molar-refractivity contribution in [1.29, 1.82) is 0 Å². The summed E-state index contributed by atoms with van der Waals surface area (Å²) in [7, 11) is 0. The molecule has 0 N–H and O–H groups in total. The first-order valence-electron chi connectivity index (χ1n) is 16.5. The third kappa shape index (κ3) is 5.28. The molecule has 0 atom stereocenters. The normalized spacial score (nSPS) is 15.3. The minimum absolute atomic E-state index is 0.579. The molecule has 5 heterocycles. The lowest BCUT2D eigenvalue weighted by atomic mass is 10.1. The average molecular weight is 587 g/mol. The lowest BCUT2D eigenvalue weighted by Crippen LogP contribution is -2.45. The molecule has 44 heavy (non-hydrogen) atoms. The molecule has 1 saturated heterocycles. The van der Waals surface area contributed by atoms with E-state index in [-0.39, 0.29) is 0 Å². The third-order valence-corrected chi connectivity index (χ3v) is 9.28. The molecule has 0 spiro atoms. The van der Waals surface area contributed by atoms with Crippen LogP contribution in [0.3, 0.4) is 0 Å². The van der Waals surface area contributed by atoms with Gasteiger partial charge in [0.05, 0.1) is 33.8 Å². The molecule has 6 heteroatoms. The second-order valence-electron chi connectivity index (χ2n) is 13.8. The van der Waals surface area contributed by atoms with E-state index in [9.17, 15) is 0 Å². The number of para-hydroxylation sites is 2. The van der Waals surface area contributed by atoms with Crippen molar-refractivity contribution in [1.82, 2.24) is 28.9 Å². The lowest BCUT2D eigenvalue weighted by Gasteiger charge is -2.34. The van der Waals surface area contributed by atoms with Crippen LogP contribution in [0.2, 0.25) is 0 Å². The van der Waals surface area contributed by atoms with Crippen LogP contribution in [-0.2, 0) is 26.2 Å². The van der Waals surface area contributed by atoms with Gasteiger partial charge in [0.2, 0.25) is 0 Å². The molecule has 0 bridgehead atoms. The summed E-state index contributed by atoms with van der Waals surface area (Å²) in [5.41, 5.74) is 9.85. The van der Waals surface area contributed by atoms with Crippen LogP contribution in [0.1, 0.15) is 50.5 Å². The molecule has 6 aromatic rings. The van der Waals surface area contributed by atoms with Crippen molar-refractivity contribution in [2.75, 3.05) is 26.2 Å². The summed E-state index contributed by atoms with van der Waals surface area (Å²) in [5.74, 6) is 1.16. The summed E-state index contributed by atoms with van der Waals surface area (Å²) in [4.78, 5) is 15.4. The zero-order valence-corrected chi connectivity index (χ0v) is 27.3. The van der Waals surface area contributed by atoms with Crippen LogP contribution < -0.4 is 0 Å². The SMILES string of the molecule is Cc1nc(CN2CCN(Cc3cc4c5ccccc5n(CC(C)C)c4c(C)n3)CC2)cc2c3ccccc3n(CC(C)C)c12. The van der Waals surface area contributed by atoms with E-state index in [1.807, 2.05) is 0 Å². The number of piperazine rings is 1. The zero-order chi connectivity index (χ0) is 30.5. The molecule has 7 rings (SSSR count). The van der Waals surface area contributed by atoms with Crippen molar-refractivity contribution in [2.45, 2.75) is 67.7 Å². The Balaban J connectivity index is 1.08. The van der Waals surface area contributed by atoms with Crippen molar-refractivity contribution < 1.29 is 0 Å². The number of hydrogen-bond donors (Lipinski definition) is 0. The number of pyridine rings is 2. The molecular weight excluding hydrogens is 540 g/mol. The zero-order valence-electron chi connectivity index (χ0n) is 27.3. The van der Waals surface area contributed by atoms with Gasteiger partial charge in [-0.3, -0.25) is 19.8 Å². The fourth-order valence-corrected chi connectivity index (χ4v) is 7.50. The van der Waals surface area contributed by atoms with E-state index in [1.165, 1.54) is 55.0 Å². The van der Waals surface area contributed by atoms with E-state index in [2.05, 4.69) is 121 Å². The summed E-state index contributed by atoms with van der Waals surface area (Å²) >= 11 is 0. The number of rotatable bonds is 8. The molecule has 0 radical (unpaired) electrons. The lowest BCUT2D eigenvalue weighted by molar-refractivity contribution is 0.120. The summed E-state index contributed by atoms with van der Waals surface area (Å²) in [5, 5.41) is 5.36. The Morgan fingerprint density at radius 3 is 1.34 bits per heavy atom. The van der Waals surface area contributed by atoms with E-state index >= 15 is 0 Å². The van der Waals surface area contributed by atoms with Crippen LogP contribution in [0.15, 0.2) is 60.7 Å². The van der Waals surface area contributed by atoms with Crippen LogP contribution in [0, 0.1) is 25.7 Å². The van der Waals surface area contributed by atoms with E-state index in [1.54, 1.807) is 0 Å². The number of hydrogen-bond acceptors (Lipinski definition) is 4. The second kappa shape index (κ2) is 11.6. The van der Waals surface area contributed by atoms with E-state index < -0.39 is 0 Å². The number of aromatic nitrogens is 4. The van der Waals surface area contributed by atoms with Gasteiger partial charge in [0.1, 0.15) is 0 Å². The van der Waals surface area contributed by atoms with Crippen molar-refractivity contribution >= 4 is 43.6 Å². The quantitative estimate of drug-likeness (QED) is 0.182. The summed E-state index contributed by atoms with van der Waals surface area (Å²) < 4.78 is 4.96. The molecule has 4 aromatic heterocycles. The first-order valence-corrected chi connectivity index (χ1v) is 16.5. The van der Waals surface area contributed by atoms with Gasteiger partial charge >= 0.3 is 0 Å². The van der Waals surface area contributed by atoms with E-state index in [0.717, 1.165) is 63.7 Å². The van der Waals surface area contributed by atoms with Crippen molar-refractivity contribution in [3.8, 4) is 0 Å². The number of nitrogens with zero attached hydrogens (tertiary/aromatic N) is 6. The fraction of sp³-hybridized carbons (Fsp3) is 0.421. The Bertz CT molecular complexity index is 1820. The van der Waals surface area contributed by atoms with Gasteiger partial charge in [-0.2, -0.15) is 0 Å². The first-order chi connectivity index (χ1) is 21.3. The van der Waals surface area contributed by atoms with Gasteiger partial charge in [-0.25, -0.2) is 0 Å². The molecule has 0 aliphatic carbocycles. The number of aryl methyl sites for hydroxylation is 2. The predicted octanol–water partition coefficient (Wildman–Crippen LogP) is 7.94. The summed E-state index contributed by atoms with van der Waals surface area (Å²) in [6.07, 6.45) is 0. The third-order valence-electron chi connectivity index (χ3n) is 9.28. The molecule has 1 aliphatic heterocycles. The van der Waals surface area contributed by atoms with Gasteiger partial charge in [-0.15, -0.1) is 0 Å². The summed E-state index contributed by atoms with van der Waals surface area (Å²) in [6.45, 7) is 21.5.